The molecule has 2 amide bonds. The Morgan fingerprint density at radius 2 is 1.93 bits per heavy atom. The Morgan fingerprint density at radius 3 is 2.57 bits per heavy atom. The van der Waals surface area contributed by atoms with E-state index in [1.54, 1.807) is 13.8 Å². The molecule has 3 atom stereocenters. The molecule has 2 aromatic rings. The maximum absolute atomic E-state index is 13.0. The molecule has 28 heavy (non-hydrogen) atoms. The van der Waals surface area contributed by atoms with E-state index in [-0.39, 0.29) is 17.2 Å². The summed E-state index contributed by atoms with van der Waals surface area (Å²) in [6.45, 7) is 5.44. The molecular formula is C19H19N3O4S2. The summed E-state index contributed by atoms with van der Waals surface area (Å²) in [4.78, 5) is 39.4. The third-order valence-electron chi connectivity index (χ3n) is 5.10. The second-order valence-electron chi connectivity index (χ2n) is 7.38. The number of carboxylic acid groups (broad SMARTS) is 1. The summed E-state index contributed by atoms with van der Waals surface area (Å²) in [6, 6.07) is 7.78. The highest BCUT2D eigenvalue weighted by Gasteiger charge is 2.64. The van der Waals surface area contributed by atoms with Gasteiger partial charge in [-0.2, -0.15) is 4.37 Å². The van der Waals surface area contributed by atoms with Crippen molar-refractivity contribution in [3.63, 3.8) is 0 Å². The zero-order valence-electron chi connectivity index (χ0n) is 15.5. The highest BCUT2D eigenvalue weighted by molar-refractivity contribution is 8.01. The minimum atomic E-state index is -1.03. The number of aliphatic carboxylic acids is 1. The van der Waals surface area contributed by atoms with E-state index in [0.717, 1.165) is 10.4 Å². The molecule has 1 aromatic carbocycles. The number of rotatable bonds is 4. The molecule has 0 radical (unpaired) electrons. The number of thioether (sulfide) groups is 1. The highest BCUT2D eigenvalue weighted by Crippen LogP contribution is 2.50. The van der Waals surface area contributed by atoms with Crippen LogP contribution in [-0.4, -0.2) is 54.4 Å². The standard InChI is InChI=1S/C19H19N3O4S2/c1-9-11(12(21-28-9)10-7-5-4-6-8-10)15(23)20-13-16(24)22-14(18(25)26)19(2,3)27-17(13)22/h4-8,13-14,17H,1-3H3,(H,20,23)(H,25,26)/t13?,14-,17+/m0/s1. The van der Waals surface area contributed by atoms with Gasteiger partial charge in [0.15, 0.2) is 0 Å². The minimum absolute atomic E-state index is 0.356. The van der Waals surface area contributed by atoms with Crippen molar-refractivity contribution in [1.82, 2.24) is 14.6 Å². The number of nitrogens with one attached hydrogen (secondary N) is 1. The van der Waals surface area contributed by atoms with Gasteiger partial charge in [-0.05, 0) is 32.3 Å². The number of nitrogens with zero attached hydrogens (tertiary/aromatic N) is 2. The smallest absolute Gasteiger partial charge is 0.327 e. The summed E-state index contributed by atoms with van der Waals surface area (Å²) in [5.74, 6) is -1.74. The topological polar surface area (TPSA) is 99.6 Å². The molecule has 7 nitrogen and oxygen atoms in total. The van der Waals surface area contributed by atoms with Crippen LogP contribution in [0.2, 0.25) is 0 Å². The number of β-lactam (4-membered cyclic amide) rings is 1. The van der Waals surface area contributed by atoms with Crippen LogP contribution >= 0.6 is 23.3 Å². The fourth-order valence-corrected chi connectivity index (χ4v) is 6.12. The Kier molecular flexibility index (Phi) is 4.46. The van der Waals surface area contributed by atoms with Crippen molar-refractivity contribution in [2.45, 2.75) is 43.0 Å². The fourth-order valence-electron chi connectivity index (χ4n) is 3.79. The first-order valence-corrected chi connectivity index (χ1v) is 10.4. The van der Waals surface area contributed by atoms with Gasteiger partial charge in [0.2, 0.25) is 5.91 Å². The van der Waals surface area contributed by atoms with E-state index in [0.29, 0.717) is 11.3 Å². The molecule has 2 aliphatic heterocycles. The summed E-state index contributed by atoms with van der Waals surface area (Å²) >= 11 is 2.65. The van der Waals surface area contributed by atoms with Gasteiger partial charge in [-0.3, -0.25) is 9.59 Å². The lowest BCUT2D eigenvalue weighted by Crippen LogP contribution is -2.70. The number of hydrogen-bond donors (Lipinski definition) is 2. The van der Waals surface area contributed by atoms with Crippen LogP contribution in [0.4, 0.5) is 0 Å². The third-order valence-corrected chi connectivity index (χ3v) is 7.42. The zero-order chi connectivity index (χ0) is 20.2. The van der Waals surface area contributed by atoms with Gasteiger partial charge < -0.3 is 15.3 Å². The van der Waals surface area contributed by atoms with Crippen LogP contribution in [0.1, 0.15) is 29.1 Å². The van der Waals surface area contributed by atoms with Crippen molar-refractivity contribution >= 4 is 41.1 Å². The van der Waals surface area contributed by atoms with Gasteiger partial charge in [0.05, 0.1) is 11.3 Å². The van der Waals surface area contributed by atoms with Crippen LogP contribution in [0.25, 0.3) is 11.3 Å². The maximum atomic E-state index is 13.0. The van der Waals surface area contributed by atoms with E-state index >= 15 is 0 Å². The van der Waals surface area contributed by atoms with E-state index in [1.807, 2.05) is 37.3 Å². The summed E-state index contributed by atoms with van der Waals surface area (Å²) in [5.41, 5.74) is 1.88. The van der Waals surface area contributed by atoms with Crippen molar-refractivity contribution in [3.8, 4) is 11.3 Å². The van der Waals surface area contributed by atoms with Crippen LogP contribution in [0, 0.1) is 6.92 Å². The molecule has 0 bridgehead atoms. The van der Waals surface area contributed by atoms with Crippen LogP contribution in [0.5, 0.6) is 0 Å². The third kappa shape index (κ3) is 2.80. The number of benzene rings is 1. The zero-order valence-corrected chi connectivity index (χ0v) is 17.1. The van der Waals surface area contributed by atoms with Crippen LogP contribution < -0.4 is 5.32 Å². The monoisotopic (exact) mass is 417 g/mol. The molecule has 3 heterocycles. The molecule has 2 N–H and O–H groups in total. The van der Waals surface area contributed by atoms with Gasteiger partial charge >= 0.3 is 5.97 Å². The van der Waals surface area contributed by atoms with Gasteiger partial charge in [0.25, 0.3) is 5.91 Å². The molecule has 2 aliphatic rings. The summed E-state index contributed by atoms with van der Waals surface area (Å²) in [6.07, 6.45) is 0. The van der Waals surface area contributed by atoms with E-state index in [9.17, 15) is 19.5 Å². The average molecular weight is 418 g/mol. The van der Waals surface area contributed by atoms with Gasteiger partial charge in [-0.25, -0.2) is 4.79 Å². The minimum Gasteiger partial charge on any atom is -0.480 e. The quantitative estimate of drug-likeness (QED) is 0.741. The average Bonchev–Trinajstić information content (AvgIpc) is 3.15. The van der Waals surface area contributed by atoms with E-state index < -0.39 is 22.8 Å². The number of aromatic nitrogens is 1. The van der Waals surface area contributed by atoms with Crippen molar-refractivity contribution in [2.75, 3.05) is 0 Å². The second kappa shape index (κ2) is 6.59. The molecule has 0 saturated carbocycles. The lowest BCUT2D eigenvalue weighted by Gasteiger charge is -2.43. The van der Waals surface area contributed by atoms with Crippen molar-refractivity contribution in [1.29, 1.82) is 0 Å². The second-order valence-corrected chi connectivity index (χ2v) is 10.1. The Labute approximate surface area is 170 Å². The molecular weight excluding hydrogens is 398 g/mol. The first-order valence-electron chi connectivity index (χ1n) is 8.77. The first-order chi connectivity index (χ1) is 13.2. The summed E-state index contributed by atoms with van der Waals surface area (Å²) in [7, 11) is 0. The van der Waals surface area contributed by atoms with Crippen LogP contribution in [-0.2, 0) is 9.59 Å². The number of carboxylic acids is 1. The number of hydrogen-bond acceptors (Lipinski definition) is 6. The predicted molar refractivity (Wildman–Crippen MR) is 107 cm³/mol. The molecule has 1 unspecified atom stereocenters. The van der Waals surface area contributed by atoms with Gasteiger partial charge in [0, 0.05) is 15.2 Å². The van der Waals surface area contributed by atoms with E-state index in [1.165, 1.54) is 28.2 Å². The van der Waals surface area contributed by atoms with E-state index in [2.05, 4.69) is 9.69 Å². The Hall–Kier alpha value is -2.39. The Bertz CT molecular complexity index is 973. The highest BCUT2D eigenvalue weighted by atomic mass is 32.2. The Balaban J connectivity index is 1.58. The normalized spacial score (nSPS) is 25.2. The van der Waals surface area contributed by atoms with Crippen molar-refractivity contribution in [3.05, 3.63) is 40.8 Å². The molecule has 2 fully saturated rings. The van der Waals surface area contributed by atoms with Crippen molar-refractivity contribution in [2.24, 2.45) is 0 Å². The molecule has 2 saturated heterocycles. The molecule has 0 aliphatic carbocycles. The largest absolute Gasteiger partial charge is 0.480 e. The number of fused-ring (bicyclic) bond motifs is 1. The molecule has 4 rings (SSSR count). The number of carbonyl (C=O) groups is 3. The van der Waals surface area contributed by atoms with Gasteiger partial charge in [-0.1, -0.05) is 30.3 Å². The molecule has 1 aromatic heterocycles. The molecule has 146 valence electrons. The number of carbonyl (C=O) groups excluding carboxylic acids is 2. The van der Waals surface area contributed by atoms with Crippen LogP contribution in [0.3, 0.4) is 0 Å². The summed E-state index contributed by atoms with van der Waals surface area (Å²) in [5, 5.41) is 11.9. The van der Waals surface area contributed by atoms with Crippen LogP contribution in [0.15, 0.2) is 30.3 Å². The molecule has 9 heteroatoms. The maximum Gasteiger partial charge on any atom is 0.327 e. The van der Waals surface area contributed by atoms with Crippen molar-refractivity contribution < 1.29 is 19.5 Å². The lowest BCUT2D eigenvalue weighted by atomic mass is 9.95. The summed E-state index contributed by atoms with van der Waals surface area (Å²) < 4.78 is 3.78. The molecule has 0 spiro atoms. The number of aryl methyl sites for hydroxylation is 1. The number of amides is 2. The fraction of sp³-hybridized carbons (Fsp3) is 0.368. The first kappa shape index (κ1) is 18.9. The predicted octanol–water partition coefficient (Wildman–Crippen LogP) is 2.36. The van der Waals surface area contributed by atoms with Gasteiger partial charge in [0.1, 0.15) is 17.5 Å². The Morgan fingerprint density at radius 1 is 1.25 bits per heavy atom. The lowest BCUT2D eigenvalue weighted by molar-refractivity contribution is -0.159. The van der Waals surface area contributed by atoms with E-state index in [4.69, 9.17) is 0 Å². The van der Waals surface area contributed by atoms with Gasteiger partial charge in [-0.15, -0.1) is 11.8 Å². The SMILES string of the molecule is Cc1snc(-c2ccccc2)c1C(=O)NC1C(=O)N2[C@@H]1SC(C)(C)[C@@H]2C(=O)O.